The first kappa shape index (κ1) is 23.4. The van der Waals surface area contributed by atoms with Crippen LogP contribution in [0.1, 0.15) is 22.8 Å². The molecular formula is C19H11ClF5N5O4. The number of imidazole rings is 1. The van der Waals surface area contributed by atoms with Crippen molar-refractivity contribution < 1.29 is 41.1 Å². The summed E-state index contributed by atoms with van der Waals surface area (Å²) in [5.41, 5.74) is 0.494. The maximum Gasteiger partial charge on any atom is 0.440 e. The zero-order valence-corrected chi connectivity index (χ0v) is 17.3. The van der Waals surface area contributed by atoms with Gasteiger partial charge >= 0.3 is 12.1 Å². The van der Waals surface area contributed by atoms with Crippen molar-refractivity contribution in [2.24, 2.45) is 5.92 Å². The van der Waals surface area contributed by atoms with Gasteiger partial charge < -0.3 is 14.1 Å². The van der Waals surface area contributed by atoms with Gasteiger partial charge in [-0.25, -0.2) is 46.5 Å². The number of benzene rings is 1. The average molecular weight is 504 g/mol. The molecule has 0 aliphatic heterocycles. The molecule has 3 aromatic rings. The van der Waals surface area contributed by atoms with E-state index < -0.39 is 46.7 Å². The molecule has 2 aromatic heterocycles. The van der Waals surface area contributed by atoms with E-state index in [9.17, 15) is 31.5 Å². The van der Waals surface area contributed by atoms with Crippen LogP contribution in [0.2, 0.25) is 5.15 Å². The molecule has 0 saturated carbocycles. The molecule has 0 fully saturated rings. The quantitative estimate of drug-likeness (QED) is 0.144. The fourth-order valence-electron chi connectivity index (χ4n) is 3.28. The smallest absolute Gasteiger partial charge is 0.440 e. The number of halogens is 6. The highest BCUT2D eigenvalue weighted by atomic mass is 35.5. The minimum Gasteiger partial charge on any atom is -0.447 e. The lowest BCUT2D eigenvalue weighted by molar-refractivity contribution is 0.0182. The van der Waals surface area contributed by atoms with E-state index in [1.54, 1.807) is 10.6 Å². The highest BCUT2D eigenvalue weighted by molar-refractivity contribution is 6.33. The summed E-state index contributed by atoms with van der Waals surface area (Å²) < 4.78 is 73.3. The molecule has 0 saturated heterocycles. The van der Waals surface area contributed by atoms with Crippen LogP contribution < -0.4 is 5.48 Å². The van der Waals surface area contributed by atoms with Gasteiger partial charge in [-0.3, -0.25) is 0 Å². The Morgan fingerprint density at radius 2 is 1.71 bits per heavy atom. The highest BCUT2D eigenvalue weighted by Gasteiger charge is 2.31. The standard InChI is InChI=1S/C19H11ClF5N5O4/c20-16-15-17(27-5-26-16)30(6-28-15)8-2-1-7(3-8)4-33-19(32)29-34-18(31)9-10(21)12(23)14(25)13(24)11(9)22/h1-2,5-8H,3-4H2,(H,29,32)/t7-,8+/m1/s1. The van der Waals surface area contributed by atoms with E-state index in [0.717, 1.165) is 0 Å². The number of carbonyl (C=O) groups is 2. The largest absolute Gasteiger partial charge is 0.447 e. The summed E-state index contributed by atoms with van der Waals surface area (Å²) in [4.78, 5) is 39.7. The fourth-order valence-corrected chi connectivity index (χ4v) is 3.46. The van der Waals surface area contributed by atoms with Crippen molar-refractivity contribution in [1.29, 1.82) is 0 Å². The predicted octanol–water partition coefficient (Wildman–Crippen LogP) is 3.79. The molecular weight excluding hydrogens is 493 g/mol. The van der Waals surface area contributed by atoms with E-state index in [4.69, 9.17) is 16.3 Å². The Morgan fingerprint density at radius 3 is 2.41 bits per heavy atom. The molecule has 0 unspecified atom stereocenters. The first-order chi connectivity index (χ1) is 16.2. The normalized spacial score (nSPS) is 17.2. The summed E-state index contributed by atoms with van der Waals surface area (Å²) in [6.07, 6.45) is 5.56. The molecule has 1 amide bonds. The van der Waals surface area contributed by atoms with Crippen molar-refractivity contribution in [3.8, 4) is 0 Å². The van der Waals surface area contributed by atoms with Gasteiger partial charge in [0.1, 0.15) is 17.4 Å². The van der Waals surface area contributed by atoms with E-state index in [1.807, 2.05) is 6.08 Å². The number of ether oxygens (including phenoxy) is 1. The summed E-state index contributed by atoms with van der Waals surface area (Å²) >= 11 is 5.98. The number of hydroxylamine groups is 1. The van der Waals surface area contributed by atoms with E-state index in [0.29, 0.717) is 17.6 Å². The Kier molecular flexibility index (Phi) is 6.32. The topological polar surface area (TPSA) is 108 Å². The lowest BCUT2D eigenvalue weighted by atomic mass is 10.1. The van der Waals surface area contributed by atoms with Crippen LogP contribution in [0.25, 0.3) is 11.2 Å². The Bertz CT molecular complexity index is 1310. The minimum atomic E-state index is -2.44. The molecule has 15 heteroatoms. The van der Waals surface area contributed by atoms with Crippen LogP contribution in [0.3, 0.4) is 0 Å². The summed E-state index contributed by atoms with van der Waals surface area (Å²) in [6, 6.07) is -0.181. The van der Waals surface area contributed by atoms with Crippen LogP contribution in [0, 0.1) is 35.0 Å². The predicted molar refractivity (Wildman–Crippen MR) is 103 cm³/mol. The van der Waals surface area contributed by atoms with Gasteiger partial charge in [-0.05, 0) is 6.42 Å². The number of amides is 1. The number of nitrogens with zero attached hydrogens (tertiary/aromatic N) is 4. The van der Waals surface area contributed by atoms with E-state index in [-0.39, 0.29) is 23.7 Å². The van der Waals surface area contributed by atoms with Crippen molar-refractivity contribution in [2.75, 3.05) is 6.61 Å². The fraction of sp³-hybridized carbons (Fsp3) is 0.211. The van der Waals surface area contributed by atoms with Crippen LogP contribution in [0.4, 0.5) is 26.7 Å². The zero-order chi connectivity index (χ0) is 24.6. The van der Waals surface area contributed by atoms with Crippen LogP contribution in [-0.4, -0.2) is 38.2 Å². The van der Waals surface area contributed by atoms with Crippen LogP contribution in [0.5, 0.6) is 0 Å². The second-order valence-corrected chi connectivity index (χ2v) is 7.33. The van der Waals surface area contributed by atoms with E-state index >= 15 is 0 Å². The van der Waals surface area contributed by atoms with Gasteiger partial charge in [0.05, 0.1) is 19.0 Å². The van der Waals surface area contributed by atoms with Crippen molar-refractivity contribution in [1.82, 2.24) is 25.0 Å². The number of aromatic nitrogens is 4. The average Bonchev–Trinajstić information content (AvgIpc) is 3.46. The number of nitrogens with one attached hydrogen (secondary N) is 1. The van der Waals surface area contributed by atoms with Gasteiger partial charge in [0.15, 0.2) is 34.1 Å². The van der Waals surface area contributed by atoms with E-state index in [1.165, 1.54) is 18.1 Å². The van der Waals surface area contributed by atoms with Gasteiger partial charge in [0.2, 0.25) is 5.82 Å². The number of allylic oxidation sites excluding steroid dienone is 1. The van der Waals surface area contributed by atoms with Crippen LogP contribution in [-0.2, 0) is 9.57 Å². The Labute approximate surface area is 191 Å². The zero-order valence-electron chi connectivity index (χ0n) is 16.6. The highest BCUT2D eigenvalue weighted by Crippen LogP contribution is 2.31. The molecule has 0 spiro atoms. The first-order valence-electron chi connectivity index (χ1n) is 9.35. The molecule has 4 rings (SSSR count). The van der Waals surface area contributed by atoms with Crippen molar-refractivity contribution in [3.63, 3.8) is 0 Å². The number of fused-ring (bicyclic) bond motifs is 1. The number of hydrogen-bond donors (Lipinski definition) is 1. The second kappa shape index (κ2) is 9.21. The van der Waals surface area contributed by atoms with Crippen molar-refractivity contribution in [3.05, 3.63) is 64.6 Å². The molecule has 1 aromatic carbocycles. The molecule has 34 heavy (non-hydrogen) atoms. The maximum absolute atomic E-state index is 13.6. The van der Waals surface area contributed by atoms with Gasteiger partial charge in [-0.15, -0.1) is 5.48 Å². The molecule has 178 valence electrons. The van der Waals surface area contributed by atoms with Crippen LogP contribution >= 0.6 is 11.6 Å². The van der Waals surface area contributed by atoms with Crippen LogP contribution in [0.15, 0.2) is 24.8 Å². The number of rotatable bonds is 4. The monoisotopic (exact) mass is 503 g/mol. The summed E-state index contributed by atoms with van der Waals surface area (Å²) in [5.74, 6) is -14.2. The Morgan fingerprint density at radius 1 is 1.03 bits per heavy atom. The third kappa shape index (κ3) is 4.23. The minimum absolute atomic E-state index is 0.179. The Balaban J connectivity index is 1.30. The SMILES string of the molecule is O=C(NOC(=O)c1c(F)c(F)c(F)c(F)c1F)OC[C@@H]1C=C[C@H](n2cnc3c(Cl)ncnc32)C1. The van der Waals surface area contributed by atoms with Crippen molar-refractivity contribution >= 4 is 34.8 Å². The molecule has 0 radical (unpaired) electrons. The van der Waals surface area contributed by atoms with E-state index in [2.05, 4.69) is 19.8 Å². The lowest BCUT2D eigenvalue weighted by Crippen LogP contribution is -2.30. The van der Waals surface area contributed by atoms with Gasteiger partial charge in [-0.2, -0.15) is 0 Å². The third-order valence-electron chi connectivity index (χ3n) is 4.89. The third-order valence-corrected chi connectivity index (χ3v) is 5.17. The number of hydrogen-bond acceptors (Lipinski definition) is 7. The molecule has 0 bridgehead atoms. The first-order valence-corrected chi connectivity index (χ1v) is 9.73. The van der Waals surface area contributed by atoms with Crippen molar-refractivity contribution in [2.45, 2.75) is 12.5 Å². The number of carbonyl (C=O) groups excluding carboxylic acids is 2. The molecule has 1 aliphatic rings. The van der Waals surface area contributed by atoms with Gasteiger partial charge in [-0.1, -0.05) is 23.8 Å². The lowest BCUT2D eigenvalue weighted by Gasteiger charge is -2.14. The maximum atomic E-state index is 13.6. The molecule has 1 N–H and O–H groups in total. The van der Waals surface area contributed by atoms with Gasteiger partial charge in [0, 0.05) is 5.92 Å². The second-order valence-electron chi connectivity index (χ2n) is 6.97. The Hall–Kier alpha value is -3.81. The molecule has 2 heterocycles. The summed E-state index contributed by atoms with van der Waals surface area (Å²) in [5, 5.41) is 0.197. The molecule has 1 aliphatic carbocycles. The van der Waals surface area contributed by atoms with Gasteiger partial charge in [0.25, 0.3) is 0 Å². The molecule has 2 atom stereocenters. The summed E-state index contributed by atoms with van der Waals surface area (Å²) in [6.45, 7) is -0.179. The summed E-state index contributed by atoms with van der Waals surface area (Å²) in [7, 11) is 0. The molecule has 9 nitrogen and oxygen atoms in total.